The Hall–Kier alpha value is 0.690. The van der Waals surface area contributed by atoms with Gasteiger partial charge in [-0.2, -0.15) is 0 Å². The molecule has 0 aliphatic heterocycles. The summed E-state index contributed by atoms with van der Waals surface area (Å²) in [6.07, 6.45) is 8.50. The van der Waals surface area contributed by atoms with E-state index in [-0.39, 0.29) is 0 Å². The van der Waals surface area contributed by atoms with Crippen molar-refractivity contribution in [1.82, 2.24) is 3.53 Å². The van der Waals surface area contributed by atoms with Crippen LogP contribution < -0.4 is 3.53 Å². The van der Waals surface area contributed by atoms with Crippen molar-refractivity contribution in [2.45, 2.75) is 51.5 Å². The van der Waals surface area contributed by atoms with E-state index in [0.717, 1.165) is 12.0 Å². The maximum absolute atomic E-state index is 3.41. The molecule has 0 saturated heterocycles. The average molecular weight is 267 g/mol. The lowest BCUT2D eigenvalue weighted by Gasteiger charge is -2.30. The van der Waals surface area contributed by atoms with Gasteiger partial charge in [-0.05, 0) is 25.2 Å². The zero-order valence-electron chi connectivity index (χ0n) is 7.28. The van der Waals surface area contributed by atoms with E-state index < -0.39 is 0 Å². The third-order valence-corrected chi connectivity index (χ3v) is 3.51. The molecule has 0 spiro atoms. The first-order valence-electron chi connectivity index (χ1n) is 4.74. The molecule has 1 aliphatic rings. The van der Waals surface area contributed by atoms with E-state index >= 15 is 0 Å². The van der Waals surface area contributed by atoms with E-state index in [0.29, 0.717) is 0 Å². The van der Waals surface area contributed by atoms with Gasteiger partial charge in [-0.1, -0.05) is 26.2 Å². The molecule has 1 aliphatic carbocycles. The van der Waals surface area contributed by atoms with Gasteiger partial charge < -0.3 is 0 Å². The summed E-state index contributed by atoms with van der Waals surface area (Å²) in [5.74, 6) is 0.964. The predicted molar refractivity (Wildman–Crippen MR) is 57.8 cm³/mol. The Morgan fingerprint density at radius 1 is 1.36 bits per heavy atom. The van der Waals surface area contributed by atoms with E-state index in [4.69, 9.17) is 0 Å². The second-order valence-electron chi connectivity index (χ2n) is 3.55. The summed E-state index contributed by atoms with van der Waals surface area (Å²) in [7, 11) is 0. The summed E-state index contributed by atoms with van der Waals surface area (Å²) < 4.78 is 3.41. The number of rotatable bonds is 3. The fourth-order valence-corrected chi connectivity index (χ4v) is 2.89. The van der Waals surface area contributed by atoms with Crippen molar-refractivity contribution in [3.63, 3.8) is 0 Å². The minimum Gasteiger partial charge on any atom is -0.258 e. The van der Waals surface area contributed by atoms with Gasteiger partial charge in [-0.25, -0.2) is 0 Å². The summed E-state index contributed by atoms with van der Waals surface area (Å²) in [4.78, 5) is 0. The third kappa shape index (κ3) is 2.90. The maximum Gasteiger partial charge on any atom is 0.0191 e. The Kier molecular flexibility index (Phi) is 4.76. The smallest absolute Gasteiger partial charge is 0.0191 e. The molecular weight excluding hydrogens is 249 g/mol. The van der Waals surface area contributed by atoms with E-state index in [1.165, 1.54) is 38.5 Å². The molecule has 0 aromatic heterocycles. The van der Waals surface area contributed by atoms with Crippen LogP contribution in [-0.2, 0) is 0 Å². The van der Waals surface area contributed by atoms with Crippen LogP contribution in [0, 0.1) is 5.92 Å². The van der Waals surface area contributed by atoms with Gasteiger partial charge in [0, 0.05) is 28.9 Å². The molecule has 1 saturated carbocycles. The van der Waals surface area contributed by atoms with Crippen molar-refractivity contribution in [2.75, 3.05) is 0 Å². The molecule has 0 amide bonds. The Labute approximate surface area is 83.8 Å². The van der Waals surface area contributed by atoms with Gasteiger partial charge in [0.1, 0.15) is 0 Å². The van der Waals surface area contributed by atoms with Crippen LogP contribution in [0.1, 0.15) is 45.4 Å². The Balaban J connectivity index is 2.31. The number of hydrogen-bond acceptors (Lipinski definition) is 1. The van der Waals surface area contributed by atoms with Crippen molar-refractivity contribution >= 4 is 22.9 Å². The number of hydrogen-bond donors (Lipinski definition) is 1. The normalized spacial score (nSPS) is 32.2. The fourth-order valence-electron chi connectivity index (χ4n) is 2.07. The van der Waals surface area contributed by atoms with Crippen molar-refractivity contribution < 1.29 is 0 Å². The monoisotopic (exact) mass is 267 g/mol. The van der Waals surface area contributed by atoms with E-state index in [9.17, 15) is 0 Å². The Morgan fingerprint density at radius 3 is 2.73 bits per heavy atom. The number of nitrogens with one attached hydrogen (secondary N) is 1. The highest BCUT2D eigenvalue weighted by molar-refractivity contribution is 14.1. The lowest BCUT2D eigenvalue weighted by atomic mass is 9.82. The van der Waals surface area contributed by atoms with Gasteiger partial charge in [0.25, 0.3) is 0 Å². The summed E-state index contributed by atoms with van der Waals surface area (Å²) in [6.45, 7) is 2.29. The molecule has 1 nitrogen and oxygen atoms in total. The molecule has 1 rings (SSSR count). The lowest BCUT2D eigenvalue weighted by Crippen LogP contribution is -2.32. The third-order valence-electron chi connectivity index (χ3n) is 2.71. The topological polar surface area (TPSA) is 12.0 Å². The summed E-state index contributed by atoms with van der Waals surface area (Å²) in [5, 5.41) is 0. The van der Waals surface area contributed by atoms with Crippen molar-refractivity contribution in [3.05, 3.63) is 0 Å². The molecule has 2 heteroatoms. The van der Waals surface area contributed by atoms with Gasteiger partial charge in [-0.3, -0.25) is 3.53 Å². The van der Waals surface area contributed by atoms with Gasteiger partial charge >= 0.3 is 0 Å². The predicted octanol–water partition coefficient (Wildman–Crippen LogP) is 3.28. The highest BCUT2D eigenvalue weighted by Crippen LogP contribution is 2.28. The maximum atomic E-state index is 3.41. The molecule has 0 radical (unpaired) electrons. The van der Waals surface area contributed by atoms with Gasteiger partial charge in [0.05, 0.1) is 0 Å². The highest BCUT2D eigenvalue weighted by Gasteiger charge is 2.22. The van der Waals surface area contributed by atoms with Crippen molar-refractivity contribution in [2.24, 2.45) is 5.92 Å². The molecule has 0 aromatic carbocycles. The molecule has 2 unspecified atom stereocenters. The van der Waals surface area contributed by atoms with Crippen LogP contribution in [0.3, 0.4) is 0 Å². The first-order valence-corrected chi connectivity index (χ1v) is 5.82. The highest BCUT2D eigenvalue weighted by atomic mass is 127. The molecule has 0 bridgehead atoms. The molecule has 1 fully saturated rings. The molecule has 1 N–H and O–H groups in total. The van der Waals surface area contributed by atoms with Crippen LogP contribution >= 0.6 is 22.9 Å². The van der Waals surface area contributed by atoms with Gasteiger partial charge in [-0.15, -0.1) is 0 Å². The zero-order valence-corrected chi connectivity index (χ0v) is 9.43. The summed E-state index contributed by atoms with van der Waals surface area (Å²) >= 11 is 2.31. The van der Waals surface area contributed by atoms with Crippen LogP contribution in [0.2, 0.25) is 0 Å². The van der Waals surface area contributed by atoms with E-state index in [1.807, 2.05) is 0 Å². The minimum absolute atomic E-state index is 0.810. The van der Waals surface area contributed by atoms with Crippen LogP contribution in [0.4, 0.5) is 0 Å². The van der Waals surface area contributed by atoms with E-state index in [1.54, 1.807) is 0 Å². The molecule has 2 atom stereocenters. The fraction of sp³-hybridized carbons (Fsp3) is 1.00. The van der Waals surface area contributed by atoms with Gasteiger partial charge in [0.15, 0.2) is 0 Å². The Morgan fingerprint density at radius 2 is 2.09 bits per heavy atom. The molecule has 66 valence electrons. The van der Waals surface area contributed by atoms with Gasteiger partial charge in [0.2, 0.25) is 0 Å². The quantitative estimate of drug-likeness (QED) is 0.611. The molecule has 0 aromatic rings. The molecular formula is C9H18IN. The summed E-state index contributed by atoms with van der Waals surface area (Å²) in [5.41, 5.74) is 0. The van der Waals surface area contributed by atoms with Crippen molar-refractivity contribution in [3.8, 4) is 0 Å². The minimum atomic E-state index is 0.810. The first-order chi connectivity index (χ1) is 5.38. The van der Waals surface area contributed by atoms with Crippen LogP contribution in [-0.4, -0.2) is 6.04 Å². The Bertz CT molecular complexity index is 104. The number of halogens is 1. The second kappa shape index (κ2) is 5.36. The molecule has 11 heavy (non-hydrogen) atoms. The zero-order chi connectivity index (χ0) is 8.10. The van der Waals surface area contributed by atoms with Crippen LogP contribution in [0.5, 0.6) is 0 Å². The van der Waals surface area contributed by atoms with Crippen LogP contribution in [0.25, 0.3) is 0 Å². The second-order valence-corrected chi connectivity index (χ2v) is 4.17. The van der Waals surface area contributed by atoms with Crippen LogP contribution in [0.15, 0.2) is 0 Å². The lowest BCUT2D eigenvalue weighted by molar-refractivity contribution is 0.281. The SMILES string of the molecule is CCCC1CCCCC1NI. The summed E-state index contributed by atoms with van der Waals surface area (Å²) in [6, 6.07) is 0.810. The van der Waals surface area contributed by atoms with Crippen molar-refractivity contribution in [1.29, 1.82) is 0 Å². The standard InChI is InChI=1S/C9H18IN/c1-2-5-8-6-3-4-7-9(8)11-10/h8-9,11H,2-7H2,1H3. The first kappa shape index (κ1) is 9.78. The molecule has 0 heterocycles. The van der Waals surface area contributed by atoms with E-state index in [2.05, 4.69) is 33.3 Å². The largest absolute Gasteiger partial charge is 0.258 e. The average Bonchev–Trinajstić information content (AvgIpc) is 2.06.